The van der Waals surface area contributed by atoms with E-state index < -0.39 is 71.4 Å². The Balaban J connectivity index is 1.34. The highest BCUT2D eigenvalue weighted by molar-refractivity contribution is 6.48. The number of ether oxygens (including phenoxy) is 2. The van der Waals surface area contributed by atoms with Crippen molar-refractivity contribution in [3.05, 3.63) is 28.8 Å². The number of piperidine rings is 1. The van der Waals surface area contributed by atoms with Gasteiger partial charge in [0.1, 0.15) is 23.0 Å². The Morgan fingerprint density at radius 3 is 2.21 bits per heavy atom. The summed E-state index contributed by atoms with van der Waals surface area (Å²) in [5.74, 6) is -4.34. The van der Waals surface area contributed by atoms with Crippen molar-refractivity contribution in [2.75, 3.05) is 46.4 Å². The Hall–Kier alpha value is -4.22. The Labute approximate surface area is 360 Å². The zero-order valence-corrected chi connectivity index (χ0v) is 37.8. The van der Waals surface area contributed by atoms with E-state index in [2.05, 4.69) is 31.4 Å². The van der Waals surface area contributed by atoms with Crippen molar-refractivity contribution in [1.29, 1.82) is 0 Å². The first-order valence-corrected chi connectivity index (χ1v) is 21.8. The molecule has 6 atom stereocenters. The second-order valence-corrected chi connectivity index (χ2v) is 20.4. The van der Waals surface area contributed by atoms with Crippen molar-refractivity contribution in [2.45, 2.75) is 136 Å². The standard InChI is InChI=1S/C44H66BN5O11/c1-12-49-19-20-50(38(54)37(49)53)40(57)47-34(25-15-17-48(18-16-25)24-33(51)59-42(5,6)7)36(52)46-32(45-60-31-22-26-21-30(43(26,8)9)44(31,10)61-45)23-28-29(41(2,3)4)14-13-27(39(55)56)35(28)58-11/h13-14,25-26,30-32,34H,12,15-24H2,1-11H3,(H,46,52)(H,47,57)(H,55,56)/t26-,30-,31+,32?,34?,44-/m0/s1. The average Bonchev–Trinajstić information content (AvgIpc) is 3.53. The van der Waals surface area contributed by atoms with Crippen LogP contribution in [-0.4, -0.2) is 138 Å². The maximum atomic E-state index is 15.0. The number of hydrogen-bond acceptors (Lipinski definition) is 11. The molecule has 3 aliphatic carbocycles. The fraction of sp³-hybridized carbons (Fsp3) is 0.727. The number of urea groups is 1. The summed E-state index contributed by atoms with van der Waals surface area (Å²) in [5.41, 5.74) is -0.360. The fourth-order valence-electron chi connectivity index (χ4n) is 10.5. The quantitative estimate of drug-likeness (QED) is 0.157. The highest BCUT2D eigenvalue weighted by Crippen LogP contribution is 2.65. The van der Waals surface area contributed by atoms with Crippen molar-refractivity contribution in [1.82, 2.24) is 25.3 Å². The van der Waals surface area contributed by atoms with Crippen molar-refractivity contribution in [2.24, 2.45) is 23.2 Å². The molecule has 0 spiro atoms. The topological polar surface area (TPSA) is 193 Å². The number of methoxy groups -OCH3 is 1. The number of nitrogens with zero attached hydrogens (tertiary/aromatic N) is 3. The van der Waals surface area contributed by atoms with Crippen molar-refractivity contribution >= 4 is 42.8 Å². The normalized spacial score (nSPS) is 26.5. The van der Waals surface area contributed by atoms with Crippen LogP contribution in [-0.2, 0) is 45.1 Å². The summed E-state index contributed by atoms with van der Waals surface area (Å²) in [6.45, 7) is 21.2. The molecule has 16 nitrogen and oxygen atoms in total. The van der Waals surface area contributed by atoms with Gasteiger partial charge < -0.3 is 39.4 Å². The number of imide groups is 1. The summed E-state index contributed by atoms with van der Waals surface area (Å²) in [6, 6.07) is 1.27. The highest BCUT2D eigenvalue weighted by Gasteiger charge is 2.68. The molecule has 2 bridgehead atoms. The summed E-state index contributed by atoms with van der Waals surface area (Å²) in [4.78, 5) is 84.4. The van der Waals surface area contributed by atoms with Gasteiger partial charge in [-0.1, -0.05) is 40.7 Å². The zero-order chi connectivity index (χ0) is 45.0. The number of likely N-dealkylation sites (N-methyl/N-ethyl adjacent to an activating group) is 1. The molecule has 3 N–H and O–H groups in total. The molecular weight excluding hydrogens is 785 g/mol. The lowest BCUT2D eigenvalue weighted by Crippen LogP contribution is -2.65. The van der Waals surface area contributed by atoms with Gasteiger partial charge in [0, 0.05) is 25.2 Å². The number of piperazine rings is 1. The minimum atomic E-state index is -1.17. The number of amides is 5. The number of likely N-dealkylation sites (tertiary alicyclic amines) is 1. The van der Waals surface area contributed by atoms with E-state index in [1.165, 1.54) is 18.1 Å². The van der Waals surface area contributed by atoms with Crippen LogP contribution in [0.15, 0.2) is 12.1 Å². The molecule has 3 saturated heterocycles. The maximum absolute atomic E-state index is 15.0. The van der Waals surface area contributed by atoms with Gasteiger partial charge in [-0.3, -0.25) is 29.0 Å². The largest absolute Gasteiger partial charge is 0.496 e. The lowest BCUT2D eigenvalue weighted by molar-refractivity contribution is -0.199. The third kappa shape index (κ3) is 9.29. The van der Waals surface area contributed by atoms with Crippen molar-refractivity contribution in [3.8, 4) is 5.75 Å². The molecule has 1 aromatic carbocycles. The first-order chi connectivity index (χ1) is 28.4. The van der Waals surface area contributed by atoms with Crippen molar-refractivity contribution < 1.29 is 52.7 Å². The number of carbonyl (C=O) groups is 6. The first kappa shape index (κ1) is 46.3. The lowest BCUT2D eigenvalue weighted by Gasteiger charge is -2.64. The van der Waals surface area contributed by atoms with E-state index in [9.17, 15) is 29.1 Å². The predicted octanol–water partition coefficient (Wildman–Crippen LogP) is 3.81. The molecule has 6 fully saturated rings. The molecule has 3 heterocycles. The zero-order valence-electron chi connectivity index (χ0n) is 37.8. The molecule has 1 aromatic rings. The molecule has 17 heteroatoms. The van der Waals surface area contributed by atoms with Crippen LogP contribution in [0.4, 0.5) is 4.79 Å². The van der Waals surface area contributed by atoms with Gasteiger partial charge in [0.15, 0.2) is 0 Å². The number of hydrogen-bond donors (Lipinski definition) is 3. The van der Waals surface area contributed by atoms with Crippen molar-refractivity contribution in [3.63, 3.8) is 0 Å². The molecule has 6 aliphatic rings. The van der Waals surface area contributed by atoms with Gasteiger partial charge in [0.05, 0.1) is 31.3 Å². The smallest absolute Gasteiger partial charge is 0.482 e. The van der Waals surface area contributed by atoms with Gasteiger partial charge in [-0.05, 0) is 120 Å². The molecule has 2 unspecified atom stereocenters. The Morgan fingerprint density at radius 2 is 1.64 bits per heavy atom. The van der Waals surface area contributed by atoms with Crippen LogP contribution >= 0.6 is 0 Å². The van der Waals surface area contributed by atoms with Gasteiger partial charge in [-0.2, -0.15) is 0 Å². The number of aromatic carboxylic acids is 1. The van der Waals surface area contributed by atoms with E-state index in [0.717, 1.165) is 23.3 Å². The second-order valence-electron chi connectivity index (χ2n) is 20.4. The molecule has 336 valence electrons. The Morgan fingerprint density at radius 1 is 0.967 bits per heavy atom. The number of carboxylic acid groups (broad SMARTS) is 1. The SMILES string of the molecule is CCN1CCN(C(=O)NC(C(=O)NC(Cc2c(C(C)(C)C)ccc(C(=O)O)c2OC)B2O[C@@H]3C[C@@H]4C[C@@H](C4(C)C)[C@]3(C)O2)C2CCN(CC(=O)OC(C)(C)C)CC2)C(=O)C1=O. The third-order valence-corrected chi connectivity index (χ3v) is 13.9. The highest BCUT2D eigenvalue weighted by atomic mass is 16.7. The maximum Gasteiger partial charge on any atom is 0.482 e. The number of benzene rings is 1. The van der Waals surface area contributed by atoms with Gasteiger partial charge in [0.25, 0.3) is 0 Å². The number of carbonyl (C=O) groups excluding carboxylic acids is 5. The molecule has 3 aliphatic heterocycles. The first-order valence-electron chi connectivity index (χ1n) is 21.8. The monoisotopic (exact) mass is 851 g/mol. The van der Waals surface area contributed by atoms with Crippen LogP contribution in [0.2, 0.25) is 0 Å². The van der Waals surface area contributed by atoms with Gasteiger partial charge in [-0.15, -0.1) is 0 Å². The van der Waals surface area contributed by atoms with Crippen LogP contribution in [0.3, 0.4) is 0 Å². The molecule has 61 heavy (non-hydrogen) atoms. The molecule has 7 rings (SSSR count). The Kier molecular flexibility index (Phi) is 13.0. The van der Waals surface area contributed by atoms with E-state index in [1.54, 1.807) is 33.8 Å². The summed E-state index contributed by atoms with van der Waals surface area (Å²) in [5, 5.41) is 16.3. The fourth-order valence-corrected chi connectivity index (χ4v) is 10.5. The second kappa shape index (κ2) is 17.2. The minimum Gasteiger partial charge on any atom is -0.496 e. The number of esters is 1. The number of rotatable bonds is 12. The van der Waals surface area contributed by atoms with Crippen LogP contribution in [0, 0.1) is 23.2 Å². The summed E-state index contributed by atoms with van der Waals surface area (Å²) >= 11 is 0. The van der Waals surface area contributed by atoms with E-state index in [-0.39, 0.29) is 60.8 Å². The summed E-state index contributed by atoms with van der Waals surface area (Å²) < 4.78 is 25.1. The minimum absolute atomic E-state index is 0.0299. The van der Waals surface area contributed by atoms with Crippen LogP contribution < -0.4 is 15.4 Å². The van der Waals surface area contributed by atoms with Crippen LogP contribution in [0.1, 0.15) is 116 Å². The van der Waals surface area contributed by atoms with E-state index in [1.807, 2.05) is 25.7 Å². The summed E-state index contributed by atoms with van der Waals surface area (Å²) in [7, 11) is 0.472. The van der Waals surface area contributed by atoms with Gasteiger partial charge >= 0.3 is 36.9 Å². The average molecular weight is 852 g/mol. The summed E-state index contributed by atoms with van der Waals surface area (Å²) in [6.07, 6.45) is 2.46. The van der Waals surface area contributed by atoms with Gasteiger partial charge in [0.2, 0.25) is 5.91 Å². The van der Waals surface area contributed by atoms with Crippen LogP contribution in [0.5, 0.6) is 5.75 Å². The van der Waals surface area contributed by atoms with E-state index in [4.69, 9.17) is 18.8 Å². The Bertz CT molecular complexity index is 1900. The third-order valence-electron chi connectivity index (χ3n) is 13.9. The molecule has 5 amide bonds. The lowest BCUT2D eigenvalue weighted by atomic mass is 9.43. The van der Waals surface area contributed by atoms with Gasteiger partial charge in [-0.25, -0.2) is 9.59 Å². The predicted molar refractivity (Wildman–Crippen MR) is 226 cm³/mol. The molecular formula is C44H66BN5O11. The molecule has 0 aromatic heterocycles. The van der Waals surface area contributed by atoms with E-state index in [0.29, 0.717) is 44.0 Å². The number of carboxylic acids is 1. The number of nitrogens with one attached hydrogen (secondary N) is 2. The van der Waals surface area contributed by atoms with Crippen LogP contribution in [0.25, 0.3) is 0 Å². The van der Waals surface area contributed by atoms with E-state index >= 15 is 4.79 Å². The molecule has 0 radical (unpaired) electrons. The molecule has 3 saturated carbocycles.